The van der Waals surface area contributed by atoms with Gasteiger partial charge in [-0.3, -0.25) is 14.5 Å². The van der Waals surface area contributed by atoms with Gasteiger partial charge in [0.25, 0.3) is 0 Å². The molecule has 2 atom stereocenters. The lowest BCUT2D eigenvalue weighted by Gasteiger charge is -2.31. The van der Waals surface area contributed by atoms with E-state index in [0.717, 1.165) is 4.88 Å². The molecule has 1 heterocycles. The van der Waals surface area contributed by atoms with Crippen molar-refractivity contribution in [1.29, 1.82) is 0 Å². The lowest BCUT2D eigenvalue weighted by atomic mass is 10.0. The number of amides is 1. The number of nitrogens with zero attached hydrogens (tertiary/aromatic N) is 1. The van der Waals surface area contributed by atoms with Crippen LogP contribution < -0.4 is 5.32 Å². The number of ether oxygens (including phenoxy) is 3. The van der Waals surface area contributed by atoms with Gasteiger partial charge in [0.1, 0.15) is 16.5 Å². The number of hydrogen-bond donors (Lipinski definition) is 1. The van der Waals surface area contributed by atoms with Gasteiger partial charge in [-0.15, -0.1) is 11.3 Å². The Balaban J connectivity index is 2.92. The second-order valence-electron chi connectivity index (χ2n) is 8.74. The topological polar surface area (TPSA) is 111 Å². The zero-order chi connectivity index (χ0) is 24.6. The van der Waals surface area contributed by atoms with Crippen LogP contribution in [0.5, 0.6) is 0 Å². The van der Waals surface area contributed by atoms with Crippen LogP contribution in [-0.4, -0.2) is 67.7 Å². The third-order valence-corrected chi connectivity index (χ3v) is 5.49. The molecule has 0 spiro atoms. The summed E-state index contributed by atoms with van der Waals surface area (Å²) in [4.78, 5) is 52.1. The number of esters is 3. The van der Waals surface area contributed by atoms with E-state index in [-0.39, 0.29) is 12.3 Å². The zero-order valence-corrected chi connectivity index (χ0v) is 20.8. The van der Waals surface area contributed by atoms with Crippen molar-refractivity contribution in [3.63, 3.8) is 0 Å². The number of carbonyl (C=O) groups is 4. The first-order valence-corrected chi connectivity index (χ1v) is 11.1. The Labute approximate surface area is 193 Å². The lowest BCUT2D eigenvalue weighted by molar-refractivity contribution is -0.151. The lowest BCUT2D eigenvalue weighted by Crippen LogP contribution is -2.53. The number of rotatable bonds is 10. The molecular weight excluding hydrogens is 436 g/mol. The second kappa shape index (κ2) is 12.0. The van der Waals surface area contributed by atoms with Crippen molar-refractivity contribution >= 4 is 35.2 Å². The molecule has 32 heavy (non-hydrogen) atoms. The fraction of sp³-hybridized carbons (Fsp3) is 0.636. The third-order valence-electron chi connectivity index (χ3n) is 4.44. The molecule has 0 saturated carbocycles. The fourth-order valence-electron chi connectivity index (χ4n) is 3.10. The highest BCUT2D eigenvalue weighted by Gasteiger charge is 2.32. The molecule has 9 nitrogen and oxygen atoms in total. The van der Waals surface area contributed by atoms with E-state index in [0.29, 0.717) is 11.4 Å². The van der Waals surface area contributed by atoms with Gasteiger partial charge in [0.05, 0.1) is 26.7 Å². The molecule has 0 radical (unpaired) electrons. The molecular formula is C22H34N2O7S. The average molecular weight is 471 g/mol. The van der Waals surface area contributed by atoms with Crippen molar-refractivity contribution < 1.29 is 33.4 Å². The Hall–Kier alpha value is -2.46. The van der Waals surface area contributed by atoms with Crippen LogP contribution in [0.4, 0.5) is 0 Å². The SMILES string of the molecule is COC(=O)C[C@H](NC(=O)[C@H](C(C)C)N(C)Cc1ccc(C(=O)OC(C)(C)C)s1)C(=O)OC. The maximum absolute atomic E-state index is 13.0. The van der Waals surface area contributed by atoms with Crippen LogP contribution in [0.2, 0.25) is 0 Å². The second-order valence-corrected chi connectivity index (χ2v) is 9.90. The predicted octanol–water partition coefficient (Wildman–Crippen LogP) is 2.38. The van der Waals surface area contributed by atoms with Crippen LogP contribution in [0.3, 0.4) is 0 Å². The smallest absolute Gasteiger partial charge is 0.348 e. The van der Waals surface area contributed by atoms with Gasteiger partial charge in [0.2, 0.25) is 5.91 Å². The summed E-state index contributed by atoms with van der Waals surface area (Å²) in [6.45, 7) is 9.59. The molecule has 180 valence electrons. The summed E-state index contributed by atoms with van der Waals surface area (Å²) in [5.41, 5.74) is -0.584. The first-order valence-electron chi connectivity index (χ1n) is 10.3. The molecule has 0 aromatic carbocycles. The summed E-state index contributed by atoms with van der Waals surface area (Å²) in [5, 5.41) is 2.60. The normalized spacial score (nSPS) is 13.4. The van der Waals surface area contributed by atoms with Crippen LogP contribution in [-0.2, 0) is 35.1 Å². The summed E-state index contributed by atoms with van der Waals surface area (Å²) in [6.07, 6.45) is -0.326. The van der Waals surface area contributed by atoms with Crippen LogP contribution in [0.25, 0.3) is 0 Å². The molecule has 0 fully saturated rings. The van der Waals surface area contributed by atoms with Crippen LogP contribution in [0.15, 0.2) is 12.1 Å². The molecule has 0 aliphatic rings. The molecule has 0 aliphatic heterocycles. The summed E-state index contributed by atoms with van der Waals surface area (Å²) in [6, 6.07) is 1.79. The monoisotopic (exact) mass is 470 g/mol. The van der Waals surface area contributed by atoms with Gasteiger partial charge in [0, 0.05) is 11.4 Å². The highest BCUT2D eigenvalue weighted by atomic mass is 32.1. The zero-order valence-electron chi connectivity index (χ0n) is 20.0. The number of methoxy groups -OCH3 is 2. The Morgan fingerprint density at radius 2 is 1.72 bits per heavy atom. The Bertz CT molecular complexity index is 813. The Morgan fingerprint density at radius 1 is 1.09 bits per heavy atom. The van der Waals surface area contributed by atoms with Crippen molar-refractivity contribution in [1.82, 2.24) is 10.2 Å². The summed E-state index contributed by atoms with van der Waals surface area (Å²) < 4.78 is 14.7. The summed E-state index contributed by atoms with van der Waals surface area (Å²) in [7, 11) is 4.17. The first kappa shape index (κ1) is 27.6. The van der Waals surface area contributed by atoms with E-state index in [1.165, 1.54) is 25.6 Å². The number of thiophene rings is 1. The maximum atomic E-state index is 13.0. The quantitative estimate of drug-likeness (QED) is 0.410. The van der Waals surface area contributed by atoms with E-state index in [2.05, 4.69) is 10.1 Å². The van der Waals surface area contributed by atoms with E-state index in [9.17, 15) is 19.2 Å². The first-order chi connectivity index (χ1) is 14.8. The molecule has 0 aliphatic carbocycles. The van der Waals surface area contributed by atoms with Crippen LogP contribution in [0.1, 0.15) is 55.6 Å². The largest absolute Gasteiger partial charge is 0.469 e. The number of hydrogen-bond acceptors (Lipinski definition) is 9. The van der Waals surface area contributed by atoms with E-state index in [1.807, 2.05) is 24.8 Å². The van der Waals surface area contributed by atoms with Crippen LogP contribution in [0, 0.1) is 5.92 Å². The summed E-state index contributed by atoms with van der Waals surface area (Å²) in [5.74, 6) is -2.26. The molecule has 0 saturated heterocycles. The van der Waals surface area contributed by atoms with E-state index < -0.39 is 41.5 Å². The minimum absolute atomic E-state index is 0.0956. The van der Waals surface area contributed by atoms with Gasteiger partial charge in [0.15, 0.2) is 0 Å². The minimum atomic E-state index is -1.14. The van der Waals surface area contributed by atoms with Crippen LogP contribution >= 0.6 is 11.3 Å². The molecule has 1 rings (SSSR count). The van der Waals surface area contributed by atoms with Crippen molar-refractivity contribution in [2.45, 2.75) is 65.3 Å². The Morgan fingerprint density at radius 3 is 2.22 bits per heavy atom. The van der Waals surface area contributed by atoms with Gasteiger partial charge >= 0.3 is 17.9 Å². The van der Waals surface area contributed by atoms with Gasteiger partial charge in [-0.25, -0.2) is 9.59 Å². The predicted molar refractivity (Wildman–Crippen MR) is 120 cm³/mol. The van der Waals surface area contributed by atoms with Crippen molar-refractivity contribution in [2.75, 3.05) is 21.3 Å². The highest BCUT2D eigenvalue weighted by molar-refractivity contribution is 7.13. The van der Waals surface area contributed by atoms with Gasteiger partial charge < -0.3 is 19.5 Å². The van der Waals surface area contributed by atoms with Gasteiger partial charge in [-0.2, -0.15) is 0 Å². The molecule has 1 amide bonds. The average Bonchev–Trinajstić information content (AvgIpc) is 3.13. The number of likely N-dealkylation sites (N-methyl/N-ethyl adjacent to an activating group) is 1. The highest BCUT2D eigenvalue weighted by Crippen LogP contribution is 2.23. The number of carbonyl (C=O) groups excluding carboxylic acids is 4. The Kier molecular flexibility index (Phi) is 10.3. The molecule has 1 aromatic heterocycles. The molecule has 0 unspecified atom stereocenters. The van der Waals surface area contributed by atoms with Crippen molar-refractivity contribution in [3.05, 3.63) is 21.9 Å². The van der Waals surface area contributed by atoms with Gasteiger partial charge in [-0.05, 0) is 45.9 Å². The van der Waals surface area contributed by atoms with Gasteiger partial charge in [-0.1, -0.05) is 13.8 Å². The molecule has 10 heteroatoms. The maximum Gasteiger partial charge on any atom is 0.348 e. The molecule has 1 aromatic rings. The molecule has 0 bridgehead atoms. The standard InChI is InChI=1S/C22H34N2O7S/c1-13(2)18(19(26)23-15(20(27)30-8)11-17(25)29-7)24(6)12-14-9-10-16(32-14)21(28)31-22(3,4)5/h9-10,13,15,18H,11-12H2,1-8H3,(H,23,26)/t15-,18-/m0/s1. The van der Waals surface area contributed by atoms with E-state index in [4.69, 9.17) is 9.47 Å². The fourth-order valence-corrected chi connectivity index (χ4v) is 4.05. The van der Waals surface area contributed by atoms with E-state index in [1.54, 1.807) is 33.9 Å². The van der Waals surface area contributed by atoms with Crippen molar-refractivity contribution in [3.8, 4) is 0 Å². The van der Waals surface area contributed by atoms with E-state index >= 15 is 0 Å². The minimum Gasteiger partial charge on any atom is -0.469 e. The third kappa shape index (κ3) is 8.58. The molecule has 1 N–H and O–H groups in total. The summed E-state index contributed by atoms with van der Waals surface area (Å²) >= 11 is 1.30. The number of nitrogens with one attached hydrogen (secondary N) is 1. The van der Waals surface area contributed by atoms with Crippen molar-refractivity contribution in [2.24, 2.45) is 5.92 Å².